The molecule has 6 nitrogen and oxygen atoms in total. The zero-order valence-corrected chi connectivity index (χ0v) is 10.9. The van der Waals surface area contributed by atoms with E-state index in [1.54, 1.807) is 12.1 Å². The first kappa shape index (κ1) is 13.8. The van der Waals surface area contributed by atoms with Crippen LogP contribution in [-0.2, 0) is 4.74 Å². The molecular formula is C13H20N4O2. The maximum atomic E-state index is 11.8. The number of nitrogen functional groups attached to an aromatic ring is 1. The third-order valence-corrected chi connectivity index (χ3v) is 3.22. The molecule has 1 aliphatic carbocycles. The number of hydrogen-bond donors (Lipinski definition) is 3. The van der Waals surface area contributed by atoms with E-state index in [0.29, 0.717) is 30.6 Å². The van der Waals surface area contributed by atoms with Gasteiger partial charge in [0.15, 0.2) is 0 Å². The topological polar surface area (TPSA) is 89.3 Å². The third kappa shape index (κ3) is 4.18. The average molecular weight is 264 g/mol. The lowest BCUT2D eigenvalue weighted by atomic mass is 10.2. The molecular weight excluding hydrogens is 244 g/mol. The highest BCUT2D eigenvalue weighted by Gasteiger charge is 2.14. The van der Waals surface area contributed by atoms with E-state index < -0.39 is 0 Å². The molecule has 1 amide bonds. The fourth-order valence-corrected chi connectivity index (χ4v) is 2.16. The zero-order chi connectivity index (χ0) is 13.5. The Hall–Kier alpha value is -1.66. The molecule has 6 heteroatoms. The lowest BCUT2D eigenvalue weighted by molar-refractivity contribution is 0.0582. The largest absolute Gasteiger partial charge is 0.376 e. The van der Waals surface area contributed by atoms with Gasteiger partial charge in [-0.15, -0.1) is 0 Å². The SMILES string of the molecule is NNc1ccc(C(=O)NCCOC2CCCC2)cn1. The van der Waals surface area contributed by atoms with Gasteiger partial charge in [-0.1, -0.05) is 12.8 Å². The van der Waals surface area contributed by atoms with Crippen molar-refractivity contribution >= 4 is 11.7 Å². The lowest BCUT2D eigenvalue weighted by Gasteiger charge is -2.11. The van der Waals surface area contributed by atoms with Crippen LogP contribution in [0.25, 0.3) is 0 Å². The number of nitrogens with two attached hydrogens (primary N) is 1. The third-order valence-electron chi connectivity index (χ3n) is 3.22. The number of hydrogen-bond acceptors (Lipinski definition) is 5. The molecule has 19 heavy (non-hydrogen) atoms. The van der Waals surface area contributed by atoms with Crippen LogP contribution in [0.15, 0.2) is 18.3 Å². The highest BCUT2D eigenvalue weighted by molar-refractivity contribution is 5.93. The summed E-state index contributed by atoms with van der Waals surface area (Å²) < 4.78 is 5.67. The second kappa shape index (κ2) is 7.06. The number of amides is 1. The normalized spacial score (nSPS) is 15.4. The number of rotatable bonds is 6. The highest BCUT2D eigenvalue weighted by Crippen LogP contribution is 2.20. The van der Waals surface area contributed by atoms with Crippen LogP contribution < -0.4 is 16.6 Å². The summed E-state index contributed by atoms with van der Waals surface area (Å²) in [5, 5.41) is 2.80. The summed E-state index contributed by atoms with van der Waals surface area (Å²) in [4.78, 5) is 15.8. The molecule has 0 spiro atoms. The van der Waals surface area contributed by atoms with Crippen molar-refractivity contribution in [3.05, 3.63) is 23.9 Å². The Labute approximate surface area is 112 Å². The number of hydrazine groups is 1. The van der Waals surface area contributed by atoms with Gasteiger partial charge >= 0.3 is 0 Å². The summed E-state index contributed by atoms with van der Waals surface area (Å²) in [5.41, 5.74) is 2.93. The number of anilines is 1. The fraction of sp³-hybridized carbons (Fsp3) is 0.538. The lowest BCUT2D eigenvalue weighted by Crippen LogP contribution is -2.28. The molecule has 1 aromatic rings. The van der Waals surface area contributed by atoms with Crippen molar-refractivity contribution in [3.8, 4) is 0 Å². The van der Waals surface area contributed by atoms with E-state index in [9.17, 15) is 4.79 Å². The summed E-state index contributed by atoms with van der Waals surface area (Å²) in [6.07, 6.45) is 6.67. The fourth-order valence-electron chi connectivity index (χ4n) is 2.16. The Kier molecular flexibility index (Phi) is 5.11. The number of aromatic nitrogens is 1. The molecule has 4 N–H and O–H groups in total. The van der Waals surface area contributed by atoms with Gasteiger partial charge in [-0.3, -0.25) is 4.79 Å². The van der Waals surface area contributed by atoms with E-state index in [1.165, 1.54) is 19.0 Å². The van der Waals surface area contributed by atoms with Crippen molar-refractivity contribution in [2.24, 2.45) is 5.84 Å². The second-order valence-electron chi connectivity index (χ2n) is 4.61. The summed E-state index contributed by atoms with van der Waals surface area (Å²) >= 11 is 0. The van der Waals surface area contributed by atoms with Crippen LogP contribution in [0, 0.1) is 0 Å². The molecule has 1 heterocycles. The average Bonchev–Trinajstić information content (AvgIpc) is 2.96. The maximum Gasteiger partial charge on any atom is 0.252 e. The molecule has 0 saturated heterocycles. The molecule has 1 aliphatic rings. The van der Waals surface area contributed by atoms with Gasteiger partial charge < -0.3 is 15.5 Å². The van der Waals surface area contributed by atoms with Gasteiger partial charge in [0.05, 0.1) is 18.3 Å². The quantitative estimate of drug-likeness (QED) is 0.406. The maximum absolute atomic E-state index is 11.8. The van der Waals surface area contributed by atoms with Gasteiger partial charge in [0.2, 0.25) is 0 Å². The van der Waals surface area contributed by atoms with Gasteiger partial charge in [-0.2, -0.15) is 0 Å². The molecule has 0 unspecified atom stereocenters. The van der Waals surface area contributed by atoms with E-state index >= 15 is 0 Å². The standard InChI is InChI=1S/C13H20N4O2/c14-17-12-6-5-10(9-16-12)13(18)15-7-8-19-11-3-1-2-4-11/h5-6,9,11H,1-4,7-8,14H2,(H,15,18)(H,16,17). The number of nitrogens with one attached hydrogen (secondary N) is 2. The van der Waals surface area contributed by atoms with Crippen LogP contribution in [0.1, 0.15) is 36.0 Å². The minimum absolute atomic E-state index is 0.147. The number of nitrogens with zero attached hydrogens (tertiary/aromatic N) is 1. The van der Waals surface area contributed by atoms with Crippen LogP contribution in [0.5, 0.6) is 0 Å². The Morgan fingerprint density at radius 2 is 2.21 bits per heavy atom. The van der Waals surface area contributed by atoms with Gasteiger partial charge in [-0.25, -0.2) is 10.8 Å². The van der Waals surface area contributed by atoms with Crippen molar-refractivity contribution in [2.75, 3.05) is 18.6 Å². The van der Waals surface area contributed by atoms with Crippen molar-refractivity contribution in [2.45, 2.75) is 31.8 Å². The summed E-state index contributed by atoms with van der Waals surface area (Å²) in [6, 6.07) is 3.33. The van der Waals surface area contributed by atoms with Gasteiger partial charge in [0.25, 0.3) is 5.91 Å². The van der Waals surface area contributed by atoms with E-state index in [1.807, 2.05) is 0 Å². The van der Waals surface area contributed by atoms with Crippen molar-refractivity contribution < 1.29 is 9.53 Å². The first-order valence-electron chi connectivity index (χ1n) is 6.62. The Bertz CT molecular complexity index is 402. The number of carbonyl (C=O) groups excluding carboxylic acids is 1. The Morgan fingerprint density at radius 3 is 2.84 bits per heavy atom. The van der Waals surface area contributed by atoms with E-state index in [2.05, 4.69) is 15.7 Å². The van der Waals surface area contributed by atoms with Gasteiger partial charge in [-0.05, 0) is 25.0 Å². The van der Waals surface area contributed by atoms with Crippen LogP contribution >= 0.6 is 0 Å². The molecule has 0 aliphatic heterocycles. The molecule has 104 valence electrons. The molecule has 0 radical (unpaired) electrons. The van der Waals surface area contributed by atoms with Crippen LogP contribution in [0.3, 0.4) is 0 Å². The Balaban J connectivity index is 1.68. The smallest absolute Gasteiger partial charge is 0.252 e. The molecule has 0 atom stereocenters. The molecule has 0 aromatic carbocycles. The number of carbonyl (C=O) groups is 1. The van der Waals surface area contributed by atoms with E-state index in [-0.39, 0.29) is 5.91 Å². The highest BCUT2D eigenvalue weighted by atomic mass is 16.5. The predicted molar refractivity (Wildman–Crippen MR) is 72.6 cm³/mol. The Morgan fingerprint density at radius 1 is 1.42 bits per heavy atom. The molecule has 1 aromatic heterocycles. The van der Waals surface area contributed by atoms with Crippen molar-refractivity contribution in [1.29, 1.82) is 0 Å². The van der Waals surface area contributed by atoms with Crippen LogP contribution in [-0.4, -0.2) is 30.1 Å². The predicted octanol–water partition coefficient (Wildman–Crippen LogP) is 1.06. The molecule has 2 rings (SSSR count). The van der Waals surface area contributed by atoms with E-state index in [4.69, 9.17) is 10.6 Å². The minimum atomic E-state index is -0.147. The molecule has 1 fully saturated rings. The van der Waals surface area contributed by atoms with Crippen molar-refractivity contribution in [3.63, 3.8) is 0 Å². The number of pyridine rings is 1. The van der Waals surface area contributed by atoms with Crippen LogP contribution in [0.4, 0.5) is 5.82 Å². The zero-order valence-electron chi connectivity index (χ0n) is 10.9. The van der Waals surface area contributed by atoms with Crippen molar-refractivity contribution in [1.82, 2.24) is 10.3 Å². The van der Waals surface area contributed by atoms with Crippen LogP contribution in [0.2, 0.25) is 0 Å². The summed E-state index contributed by atoms with van der Waals surface area (Å²) in [5.74, 6) is 5.59. The first-order valence-corrected chi connectivity index (χ1v) is 6.62. The summed E-state index contributed by atoms with van der Waals surface area (Å²) in [7, 11) is 0. The van der Waals surface area contributed by atoms with E-state index in [0.717, 1.165) is 12.8 Å². The van der Waals surface area contributed by atoms with Gasteiger partial charge in [0.1, 0.15) is 5.82 Å². The number of ether oxygens (including phenoxy) is 1. The monoisotopic (exact) mass is 264 g/mol. The minimum Gasteiger partial charge on any atom is -0.376 e. The molecule has 1 saturated carbocycles. The first-order chi connectivity index (χ1) is 9.29. The molecule has 0 bridgehead atoms. The second-order valence-corrected chi connectivity index (χ2v) is 4.61. The summed E-state index contributed by atoms with van der Waals surface area (Å²) in [6.45, 7) is 1.08. The van der Waals surface area contributed by atoms with Gasteiger partial charge in [0, 0.05) is 12.7 Å².